The molecule has 1 N–H and O–H groups in total. The Balaban J connectivity index is 2.77. The minimum Gasteiger partial charge on any atom is -0.493 e. The van der Waals surface area contributed by atoms with Crippen molar-refractivity contribution in [2.75, 3.05) is 38.8 Å². The number of hydrogen-bond acceptors (Lipinski definition) is 5. The van der Waals surface area contributed by atoms with Crippen molar-refractivity contribution in [1.29, 1.82) is 0 Å². The summed E-state index contributed by atoms with van der Waals surface area (Å²) in [4.78, 5) is 15.0. The molecule has 0 saturated heterocycles. The first-order valence-corrected chi connectivity index (χ1v) is 10.4. The smallest absolute Gasteiger partial charge is 0.318 e. The maximum atomic E-state index is 12.8. The number of benzene rings is 2. The first-order chi connectivity index (χ1) is 14.4. The van der Waals surface area contributed by atoms with Crippen molar-refractivity contribution in [1.82, 2.24) is 0 Å². The maximum Gasteiger partial charge on any atom is 0.318 e. The Bertz CT molecular complexity index is 863. The molecule has 0 aliphatic rings. The molecular formula is C24H33NO5. The van der Waals surface area contributed by atoms with Gasteiger partial charge in [-0.3, -0.25) is 4.79 Å². The fourth-order valence-corrected chi connectivity index (χ4v) is 3.97. The molecule has 6 nitrogen and oxygen atoms in total. The number of carbonyl (C=O) groups is 1. The van der Waals surface area contributed by atoms with E-state index in [0.717, 1.165) is 18.8 Å². The van der Waals surface area contributed by atoms with Crippen LogP contribution >= 0.6 is 0 Å². The molecule has 0 heterocycles. The molecule has 1 unspecified atom stereocenters. The monoisotopic (exact) mass is 415 g/mol. The normalized spacial score (nSPS) is 12.7. The van der Waals surface area contributed by atoms with Crippen LogP contribution in [-0.4, -0.2) is 45.0 Å². The Morgan fingerprint density at radius 2 is 1.60 bits per heavy atom. The summed E-state index contributed by atoms with van der Waals surface area (Å²) in [5, 5.41) is 10.4. The van der Waals surface area contributed by atoms with Crippen LogP contribution in [0.25, 0.3) is 0 Å². The van der Waals surface area contributed by atoms with Gasteiger partial charge in [-0.2, -0.15) is 0 Å². The molecule has 2 rings (SSSR count). The average Bonchev–Trinajstić information content (AvgIpc) is 2.76. The van der Waals surface area contributed by atoms with E-state index in [1.807, 2.05) is 32.0 Å². The maximum absolute atomic E-state index is 12.8. The second-order valence-corrected chi connectivity index (χ2v) is 6.92. The van der Waals surface area contributed by atoms with Crippen LogP contribution in [0.1, 0.15) is 45.2 Å². The highest BCUT2D eigenvalue weighted by atomic mass is 16.5. The summed E-state index contributed by atoms with van der Waals surface area (Å²) in [5.41, 5.74) is 0.968. The summed E-state index contributed by atoms with van der Waals surface area (Å²) in [6, 6.07) is 11.1. The fourth-order valence-electron chi connectivity index (χ4n) is 3.97. The third kappa shape index (κ3) is 4.18. The standard InChI is InChI=1S/C24H33NO5/c1-7-24(23(26)27,17-11-14-20(28-5)22(15-17)29-6)19-13-12-18(25(8-2)9-3)16-21(19)30-10-4/h11-16H,7-10H2,1-6H3,(H,26,27). The van der Waals surface area contributed by atoms with Crippen molar-refractivity contribution in [2.45, 2.75) is 39.5 Å². The number of aliphatic carboxylic acids is 1. The van der Waals surface area contributed by atoms with E-state index < -0.39 is 11.4 Å². The van der Waals surface area contributed by atoms with Crippen molar-refractivity contribution in [2.24, 2.45) is 0 Å². The van der Waals surface area contributed by atoms with Gasteiger partial charge in [-0.05, 0) is 51.0 Å². The van der Waals surface area contributed by atoms with Gasteiger partial charge in [0.1, 0.15) is 11.2 Å². The van der Waals surface area contributed by atoms with Gasteiger partial charge in [-0.1, -0.05) is 19.1 Å². The van der Waals surface area contributed by atoms with E-state index in [0.29, 0.717) is 41.4 Å². The van der Waals surface area contributed by atoms with Crippen LogP contribution in [0.4, 0.5) is 5.69 Å². The van der Waals surface area contributed by atoms with Crippen LogP contribution < -0.4 is 19.1 Å². The molecule has 0 bridgehead atoms. The van der Waals surface area contributed by atoms with E-state index in [2.05, 4.69) is 18.7 Å². The van der Waals surface area contributed by atoms with Crippen LogP contribution in [0.3, 0.4) is 0 Å². The molecular weight excluding hydrogens is 382 g/mol. The first kappa shape index (κ1) is 23.4. The molecule has 164 valence electrons. The van der Waals surface area contributed by atoms with Crippen LogP contribution in [-0.2, 0) is 10.2 Å². The van der Waals surface area contributed by atoms with Gasteiger partial charge >= 0.3 is 5.97 Å². The number of hydrogen-bond donors (Lipinski definition) is 1. The highest BCUT2D eigenvalue weighted by Crippen LogP contribution is 2.44. The summed E-state index contributed by atoms with van der Waals surface area (Å²) < 4.78 is 16.7. The minimum atomic E-state index is -1.29. The van der Waals surface area contributed by atoms with E-state index in [4.69, 9.17) is 14.2 Å². The number of ether oxygens (including phenoxy) is 3. The summed E-state index contributed by atoms with van der Waals surface area (Å²) in [7, 11) is 3.10. The zero-order valence-electron chi connectivity index (χ0n) is 18.8. The fraction of sp³-hybridized carbons (Fsp3) is 0.458. The molecule has 0 fully saturated rings. The van der Waals surface area contributed by atoms with Crippen molar-refractivity contribution in [3.8, 4) is 17.2 Å². The number of carboxylic acid groups (broad SMARTS) is 1. The van der Waals surface area contributed by atoms with Gasteiger partial charge in [0.05, 0.1) is 20.8 Å². The molecule has 30 heavy (non-hydrogen) atoms. The lowest BCUT2D eigenvalue weighted by Gasteiger charge is -2.32. The second-order valence-electron chi connectivity index (χ2n) is 6.92. The Morgan fingerprint density at radius 3 is 2.10 bits per heavy atom. The largest absolute Gasteiger partial charge is 0.493 e. The van der Waals surface area contributed by atoms with Gasteiger partial charge in [-0.25, -0.2) is 0 Å². The quantitative estimate of drug-likeness (QED) is 0.572. The molecule has 2 aromatic rings. The van der Waals surface area contributed by atoms with E-state index in [-0.39, 0.29) is 0 Å². The molecule has 1 atom stereocenters. The van der Waals surface area contributed by atoms with Gasteiger partial charge < -0.3 is 24.2 Å². The predicted molar refractivity (Wildman–Crippen MR) is 119 cm³/mol. The van der Waals surface area contributed by atoms with Gasteiger partial charge in [0, 0.05) is 30.4 Å². The Labute approximate surface area is 179 Å². The Kier molecular flexibility index (Phi) is 7.98. The lowest BCUT2D eigenvalue weighted by Crippen LogP contribution is -2.37. The molecule has 0 spiro atoms. The summed E-state index contributed by atoms with van der Waals surface area (Å²) in [5.74, 6) is 0.694. The molecule has 0 saturated carbocycles. The molecule has 0 aliphatic carbocycles. The highest BCUT2D eigenvalue weighted by molar-refractivity contribution is 5.88. The number of rotatable bonds is 11. The molecule has 0 aliphatic heterocycles. The third-order valence-corrected chi connectivity index (χ3v) is 5.63. The van der Waals surface area contributed by atoms with Crippen LogP contribution in [0.2, 0.25) is 0 Å². The Hall–Kier alpha value is -2.89. The van der Waals surface area contributed by atoms with Gasteiger partial charge in [0.25, 0.3) is 0 Å². The van der Waals surface area contributed by atoms with Crippen molar-refractivity contribution >= 4 is 11.7 Å². The lowest BCUT2D eigenvalue weighted by atomic mass is 9.72. The molecule has 6 heteroatoms. The van der Waals surface area contributed by atoms with Crippen molar-refractivity contribution < 1.29 is 24.1 Å². The van der Waals surface area contributed by atoms with E-state index in [9.17, 15) is 9.90 Å². The predicted octanol–water partition coefficient (Wildman–Crippen LogP) is 4.73. The molecule has 0 amide bonds. The molecule has 0 radical (unpaired) electrons. The van der Waals surface area contributed by atoms with E-state index in [1.54, 1.807) is 32.4 Å². The topological polar surface area (TPSA) is 68.2 Å². The van der Waals surface area contributed by atoms with Gasteiger partial charge in [-0.15, -0.1) is 0 Å². The number of carboxylic acids is 1. The van der Waals surface area contributed by atoms with Crippen molar-refractivity contribution in [3.05, 3.63) is 47.5 Å². The van der Waals surface area contributed by atoms with E-state index in [1.165, 1.54) is 0 Å². The number of nitrogens with zero attached hydrogens (tertiary/aromatic N) is 1. The van der Waals surface area contributed by atoms with Gasteiger partial charge in [0.15, 0.2) is 11.5 Å². The van der Waals surface area contributed by atoms with Gasteiger partial charge in [0.2, 0.25) is 0 Å². The molecule has 2 aromatic carbocycles. The SMILES string of the molecule is CCOc1cc(N(CC)CC)ccc1C(CC)(C(=O)O)c1ccc(OC)c(OC)c1. The lowest BCUT2D eigenvalue weighted by molar-refractivity contribution is -0.142. The Morgan fingerprint density at radius 1 is 0.933 bits per heavy atom. The van der Waals surface area contributed by atoms with Crippen molar-refractivity contribution in [3.63, 3.8) is 0 Å². The second kappa shape index (κ2) is 10.2. The van der Waals surface area contributed by atoms with Crippen LogP contribution in [0.5, 0.6) is 17.2 Å². The number of anilines is 1. The van der Waals surface area contributed by atoms with E-state index >= 15 is 0 Å². The zero-order chi connectivity index (χ0) is 22.3. The van der Waals surface area contributed by atoms with Crippen LogP contribution in [0.15, 0.2) is 36.4 Å². The zero-order valence-corrected chi connectivity index (χ0v) is 18.8. The summed E-state index contributed by atoms with van der Waals surface area (Å²) in [6.45, 7) is 10.1. The highest BCUT2D eigenvalue weighted by Gasteiger charge is 2.43. The minimum absolute atomic E-state index is 0.350. The average molecular weight is 416 g/mol. The first-order valence-electron chi connectivity index (χ1n) is 10.4. The molecule has 0 aromatic heterocycles. The number of methoxy groups -OCH3 is 2. The third-order valence-electron chi connectivity index (χ3n) is 5.63. The summed E-state index contributed by atoms with van der Waals surface area (Å²) >= 11 is 0. The van der Waals surface area contributed by atoms with Crippen LogP contribution in [0, 0.1) is 0 Å². The summed E-state index contributed by atoms with van der Waals surface area (Å²) in [6.07, 6.45) is 0.350.